The van der Waals surface area contributed by atoms with Crippen LogP contribution in [0.25, 0.3) is 0 Å². The van der Waals surface area contributed by atoms with E-state index in [1.54, 1.807) is 0 Å². The van der Waals surface area contributed by atoms with Gasteiger partial charge in [0.25, 0.3) is 0 Å². The molecule has 2 heterocycles. The first-order valence-electron chi connectivity index (χ1n) is 9.82. The molecule has 8 nitrogen and oxygen atoms in total. The van der Waals surface area contributed by atoms with E-state index in [-0.39, 0.29) is 30.1 Å². The van der Waals surface area contributed by atoms with Crippen LogP contribution in [0.5, 0.6) is 0 Å². The van der Waals surface area contributed by atoms with E-state index in [0.717, 1.165) is 56.8 Å². The Labute approximate surface area is 189 Å². The van der Waals surface area contributed by atoms with E-state index in [0.29, 0.717) is 13.1 Å². The summed E-state index contributed by atoms with van der Waals surface area (Å²) < 4.78 is 13.1. The molecule has 0 bridgehead atoms. The summed E-state index contributed by atoms with van der Waals surface area (Å²) in [5.41, 5.74) is 1.17. The SMILES string of the molecule is Cc1nnc(CNC(=NCc2ccccc2)NCCCOC2CCOC2)n1C.I. The Morgan fingerprint density at radius 1 is 1.28 bits per heavy atom. The van der Waals surface area contributed by atoms with Gasteiger partial charge in [0.05, 0.1) is 25.8 Å². The Morgan fingerprint density at radius 2 is 2.10 bits per heavy atom. The number of hydrogen-bond acceptors (Lipinski definition) is 5. The van der Waals surface area contributed by atoms with Crippen molar-refractivity contribution >= 4 is 29.9 Å². The number of guanidine groups is 1. The molecule has 1 fully saturated rings. The van der Waals surface area contributed by atoms with Crippen molar-refractivity contribution in [3.05, 3.63) is 47.5 Å². The number of hydrogen-bond donors (Lipinski definition) is 2. The number of halogens is 1. The summed E-state index contributed by atoms with van der Waals surface area (Å²) in [7, 11) is 1.96. The van der Waals surface area contributed by atoms with Crippen LogP contribution in [0, 0.1) is 6.92 Å². The van der Waals surface area contributed by atoms with E-state index >= 15 is 0 Å². The predicted octanol–water partition coefficient (Wildman–Crippen LogP) is 2.17. The zero-order valence-electron chi connectivity index (χ0n) is 17.1. The summed E-state index contributed by atoms with van der Waals surface area (Å²) in [4.78, 5) is 4.70. The first-order chi connectivity index (χ1) is 13.7. The number of nitrogens with zero attached hydrogens (tertiary/aromatic N) is 4. The molecule has 1 saturated heterocycles. The van der Waals surface area contributed by atoms with Gasteiger partial charge in [0.2, 0.25) is 0 Å². The lowest BCUT2D eigenvalue weighted by Gasteiger charge is -2.14. The van der Waals surface area contributed by atoms with E-state index < -0.39 is 0 Å². The fourth-order valence-electron chi connectivity index (χ4n) is 2.87. The molecule has 1 unspecified atom stereocenters. The molecule has 29 heavy (non-hydrogen) atoms. The van der Waals surface area contributed by atoms with Crippen molar-refractivity contribution in [3.8, 4) is 0 Å². The summed E-state index contributed by atoms with van der Waals surface area (Å²) in [6, 6.07) is 10.2. The second-order valence-electron chi connectivity index (χ2n) is 6.86. The van der Waals surface area contributed by atoms with E-state index in [1.807, 2.05) is 36.7 Å². The molecule has 3 rings (SSSR count). The van der Waals surface area contributed by atoms with Gasteiger partial charge in [0.1, 0.15) is 5.82 Å². The summed E-state index contributed by atoms with van der Waals surface area (Å²) in [5.74, 6) is 2.52. The average Bonchev–Trinajstić information content (AvgIpc) is 3.35. The van der Waals surface area contributed by atoms with Gasteiger partial charge in [-0.1, -0.05) is 30.3 Å². The normalized spacial score (nSPS) is 16.5. The number of nitrogens with one attached hydrogen (secondary N) is 2. The molecule has 0 spiro atoms. The lowest BCUT2D eigenvalue weighted by atomic mass is 10.2. The highest BCUT2D eigenvalue weighted by atomic mass is 127. The van der Waals surface area contributed by atoms with Crippen LogP contribution in [0.15, 0.2) is 35.3 Å². The minimum absolute atomic E-state index is 0. The number of aryl methyl sites for hydroxylation is 1. The second kappa shape index (κ2) is 12.8. The predicted molar refractivity (Wildman–Crippen MR) is 123 cm³/mol. The van der Waals surface area contributed by atoms with Crippen LogP contribution < -0.4 is 10.6 Å². The molecule has 0 saturated carbocycles. The van der Waals surface area contributed by atoms with Crippen LogP contribution in [-0.4, -0.2) is 53.2 Å². The highest BCUT2D eigenvalue weighted by Gasteiger charge is 2.15. The van der Waals surface area contributed by atoms with Crippen LogP contribution in [-0.2, 0) is 29.6 Å². The van der Waals surface area contributed by atoms with Crippen LogP contribution in [0.4, 0.5) is 0 Å². The molecule has 1 aliphatic rings. The third kappa shape index (κ3) is 7.90. The Morgan fingerprint density at radius 3 is 2.79 bits per heavy atom. The number of aromatic nitrogens is 3. The van der Waals surface area contributed by atoms with Gasteiger partial charge < -0.3 is 24.7 Å². The van der Waals surface area contributed by atoms with Gasteiger partial charge in [0, 0.05) is 26.8 Å². The molecule has 160 valence electrons. The molecule has 2 aromatic rings. The van der Waals surface area contributed by atoms with Gasteiger partial charge in [-0.05, 0) is 25.3 Å². The van der Waals surface area contributed by atoms with Crippen molar-refractivity contribution in [1.29, 1.82) is 0 Å². The van der Waals surface area contributed by atoms with E-state index in [4.69, 9.17) is 14.5 Å². The monoisotopic (exact) mass is 514 g/mol. The summed E-state index contributed by atoms with van der Waals surface area (Å²) >= 11 is 0. The van der Waals surface area contributed by atoms with E-state index in [1.165, 1.54) is 5.56 Å². The van der Waals surface area contributed by atoms with Gasteiger partial charge in [-0.2, -0.15) is 0 Å². The zero-order valence-corrected chi connectivity index (χ0v) is 19.5. The summed E-state index contributed by atoms with van der Waals surface area (Å²) in [5, 5.41) is 15.0. The first-order valence-corrected chi connectivity index (χ1v) is 9.82. The maximum Gasteiger partial charge on any atom is 0.191 e. The van der Waals surface area contributed by atoms with E-state index in [9.17, 15) is 0 Å². The number of ether oxygens (including phenoxy) is 2. The third-order valence-electron chi connectivity index (χ3n) is 4.71. The number of aliphatic imine (C=N–C) groups is 1. The average molecular weight is 514 g/mol. The quantitative estimate of drug-likeness (QED) is 0.231. The smallest absolute Gasteiger partial charge is 0.191 e. The molecule has 1 atom stereocenters. The molecular formula is C20H31IN6O2. The lowest BCUT2D eigenvalue weighted by Crippen LogP contribution is -2.38. The minimum atomic E-state index is 0. The summed E-state index contributed by atoms with van der Waals surface area (Å²) in [6.45, 7) is 6.15. The molecule has 1 aliphatic heterocycles. The Balaban J connectivity index is 0.00000300. The number of rotatable bonds is 9. The minimum Gasteiger partial charge on any atom is -0.379 e. The maximum absolute atomic E-state index is 5.81. The van der Waals surface area contributed by atoms with Crippen molar-refractivity contribution in [3.63, 3.8) is 0 Å². The van der Waals surface area contributed by atoms with Crippen LogP contribution in [0.1, 0.15) is 30.1 Å². The Hall–Kier alpha value is -1.72. The molecule has 0 radical (unpaired) electrons. The Bertz CT molecular complexity index is 747. The van der Waals surface area contributed by atoms with Gasteiger partial charge in [0.15, 0.2) is 11.8 Å². The van der Waals surface area contributed by atoms with Crippen molar-refractivity contribution in [2.24, 2.45) is 12.0 Å². The standard InChI is InChI=1S/C20H30N6O2.HI/c1-16-24-25-19(26(16)2)14-23-20(22-13-17-7-4-3-5-8-17)21-10-6-11-28-18-9-12-27-15-18;/h3-5,7-8,18H,6,9-15H2,1-2H3,(H2,21,22,23);1H. The highest BCUT2D eigenvalue weighted by Crippen LogP contribution is 2.08. The zero-order chi connectivity index (χ0) is 19.6. The largest absolute Gasteiger partial charge is 0.379 e. The van der Waals surface area contributed by atoms with Crippen LogP contribution in [0.2, 0.25) is 0 Å². The molecule has 2 N–H and O–H groups in total. The van der Waals surface area contributed by atoms with Crippen molar-refractivity contribution in [2.45, 2.75) is 39.0 Å². The fourth-order valence-corrected chi connectivity index (χ4v) is 2.87. The van der Waals surface area contributed by atoms with Crippen molar-refractivity contribution in [2.75, 3.05) is 26.4 Å². The summed E-state index contributed by atoms with van der Waals surface area (Å²) in [6.07, 6.45) is 2.16. The van der Waals surface area contributed by atoms with Crippen molar-refractivity contribution in [1.82, 2.24) is 25.4 Å². The third-order valence-corrected chi connectivity index (χ3v) is 4.71. The second-order valence-corrected chi connectivity index (χ2v) is 6.86. The van der Waals surface area contributed by atoms with Gasteiger partial charge >= 0.3 is 0 Å². The van der Waals surface area contributed by atoms with Gasteiger partial charge in [-0.15, -0.1) is 34.2 Å². The van der Waals surface area contributed by atoms with E-state index in [2.05, 4.69) is 33.0 Å². The maximum atomic E-state index is 5.81. The molecule has 0 amide bonds. The molecular weight excluding hydrogens is 483 g/mol. The fraction of sp³-hybridized carbons (Fsp3) is 0.550. The molecule has 0 aliphatic carbocycles. The number of benzene rings is 1. The van der Waals surface area contributed by atoms with Crippen LogP contribution >= 0.6 is 24.0 Å². The molecule has 1 aromatic heterocycles. The van der Waals surface area contributed by atoms with Gasteiger partial charge in [-0.3, -0.25) is 0 Å². The molecule has 9 heteroatoms. The molecule has 1 aromatic carbocycles. The van der Waals surface area contributed by atoms with Gasteiger partial charge in [-0.25, -0.2) is 4.99 Å². The highest BCUT2D eigenvalue weighted by molar-refractivity contribution is 14.0. The van der Waals surface area contributed by atoms with Crippen LogP contribution in [0.3, 0.4) is 0 Å². The topological polar surface area (TPSA) is 85.6 Å². The van der Waals surface area contributed by atoms with Crippen molar-refractivity contribution < 1.29 is 9.47 Å². The first kappa shape index (κ1) is 23.6. The Kier molecular flexibility index (Phi) is 10.4. The lowest BCUT2D eigenvalue weighted by molar-refractivity contribution is 0.0420.